The van der Waals surface area contributed by atoms with Gasteiger partial charge in [0.15, 0.2) is 11.6 Å². The Morgan fingerprint density at radius 1 is 1.45 bits per heavy atom. The van der Waals surface area contributed by atoms with Crippen molar-refractivity contribution < 1.29 is 9.13 Å². The Labute approximate surface area is 118 Å². The van der Waals surface area contributed by atoms with Gasteiger partial charge in [-0.25, -0.2) is 9.37 Å². The van der Waals surface area contributed by atoms with E-state index in [2.05, 4.69) is 17.2 Å². The molecule has 0 saturated heterocycles. The first-order valence-electron chi connectivity index (χ1n) is 6.72. The zero-order valence-electron chi connectivity index (χ0n) is 12.1. The van der Waals surface area contributed by atoms with Gasteiger partial charge < -0.3 is 14.6 Å². The highest BCUT2D eigenvalue weighted by atomic mass is 19.1. The van der Waals surface area contributed by atoms with Gasteiger partial charge in [-0.15, -0.1) is 0 Å². The van der Waals surface area contributed by atoms with Gasteiger partial charge in [0.2, 0.25) is 0 Å². The summed E-state index contributed by atoms with van der Waals surface area (Å²) in [6.45, 7) is 2.86. The molecular weight excluding hydrogens is 257 g/mol. The molecule has 2 aromatic rings. The van der Waals surface area contributed by atoms with Crippen molar-refractivity contribution in [2.24, 2.45) is 7.05 Å². The maximum Gasteiger partial charge on any atom is 0.170 e. The Kier molecular flexibility index (Phi) is 4.74. The molecule has 0 amide bonds. The molecule has 0 saturated carbocycles. The molecule has 108 valence electrons. The van der Waals surface area contributed by atoms with Gasteiger partial charge in [0, 0.05) is 25.0 Å². The van der Waals surface area contributed by atoms with Crippen molar-refractivity contribution in [3.63, 3.8) is 0 Å². The number of hydrogen-bond acceptors (Lipinski definition) is 3. The molecule has 0 bridgehead atoms. The molecule has 0 aliphatic heterocycles. The van der Waals surface area contributed by atoms with E-state index in [4.69, 9.17) is 4.74 Å². The minimum Gasteiger partial charge on any atom is -0.494 e. The highest BCUT2D eigenvalue weighted by molar-refractivity contribution is 5.35. The van der Waals surface area contributed by atoms with E-state index in [9.17, 15) is 4.39 Å². The number of nitrogens with one attached hydrogen (secondary N) is 1. The molecule has 0 aliphatic carbocycles. The number of aromatic nitrogens is 2. The molecule has 20 heavy (non-hydrogen) atoms. The fourth-order valence-electron chi connectivity index (χ4n) is 2.19. The fraction of sp³-hybridized carbons (Fsp3) is 0.400. The number of hydrogen-bond donors (Lipinski definition) is 1. The van der Waals surface area contributed by atoms with E-state index >= 15 is 0 Å². The summed E-state index contributed by atoms with van der Waals surface area (Å²) in [5, 5.41) is 3.34. The SMILES string of the molecule is CCCNC(c1cccc(OC)c1F)c1nccn1C. The van der Waals surface area contributed by atoms with Crippen LogP contribution in [0.15, 0.2) is 30.6 Å². The van der Waals surface area contributed by atoms with Gasteiger partial charge in [0.1, 0.15) is 5.82 Å². The lowest BCUT2D eigenvalue weighted by Crippen LogP contribution is -2.26. The predicted molar refractivity (Wildman–Crippen MR) is 76.3 cm³/mol. The summed E-state index contributed by atoms with van der Waals surface area (Å²) >= 11 is 0. The van der Waals surface area contributed by atoms with Gasteiger partial charge >= 0.3 is 0 Å². The number of imidazole rings is 1. The van der Waals surface area contributed by atoms with Crippen LogP contribution in [0.1, 0.15) is 30.8 Å². The summed E-state index contributed by atoms with van der Waals surface area (Å²) in [5.41, 5.74) is 0.548. The van der Waals surface area contributed by atoms with Crippen LogP contribution < -0.4 is 10.1 Å². The lowest BCUT2D eigenvalue weighted by atomic mass is 10.0. The van der Waals surface area contributed by atoms with Crippen molar-refractivity contribution in [1.29, 1.82) is 0 Å². The van der Waals surface area contributed by atoms with E-state index in [1.54, 1.807) is 24.4 Å². The number of halogens is 1. The van der Waals surface area contributed by atoms with Crippen LogP contribution in [0.3, 0.4) is 0 Å². The molecule has 1 aromatic carbocycles. The third kappa shape index (κ3) is 2.82. The van der Waals surface area contributed by atoms with Crippen LogP contribution in [0.25, 0.3) is 0 Å². The van der Waals surface area contributed by atoms with Gasteiger partial charge in [-0.2, -0.15) is 0 Å². The van der Waals surface area contributed by atoms with Crippen molar-refractivity contribution >= 4 is 0 Å². The Morgan fingerprint density at radius 2 is 2.25 bits per heavy atom. The van der Waals surface area contributed by atoms with Crippen molar-refractivity contribution in [2.45, 2.75) is 19.4 Å². The summed E-state index contributed by atoms with van der Waals surface area (Å²) in [6.07, 6.45) is 4.54. The van der Waals surface area contributed by atoms with Gasteiger partial charge in [-0.3, -0.25) is 0 Å². The topological polar surface area (TPSA) is 39.1 Å². The van der Waals surface area contributed by atoms with Gasteiger partial charge in [0.05, 0.1) is 13.2 Å². The highest BCUT2D eigenvalue weighted by Crippen LogP contribution is 2.28. The Bertz CT molecular complexity index is 568. The van der Waals surface area contributed by atoms with Gasteiger partial charge in [-0.05, 0) is 19.0 Å². The average Bonchev–Trinajstić information content (AvgIpc) is 2.87. The summed E-state index contributed by atoms with van der Waals surface area (Å²) in [7, 11) is 3.37. The standard InChI is InChI=1S/C15H20FN3O/c1-4-8-17-14(15-18-9-10-19(15)2)11-6-5-7-12(20-3)13(11)16/h5-7,9-10,14,17H,4,8H2,1-3H3. The number of benzene rings is 1. The first kappa shape index (κ1) is 14.5. The molecule has 1 atom stereocenters. The molecular formula is C15H20FN3O. The molecule has 0 radical (unpaired) electrons. The first-order valence-corrected chi connectivity index (χ1v) is 6.72. The largest absolute Gasteiger partial charge is 0.494 e. The molecule has 1 N–H and O–H groups in total. The predicted octanol–water partition coefficient (Wildman–Crippen LogP) is 2.66. The Balaban J connectivity index is 2.44. The third-order valence-corrected chi connectivity index (χ3v) is 3.24. The summed E-state index contributed by atoms with van der Waals surface area (Å²) in [5.74, 6) is 0.692. The lowest BCUT2D eigenvalue weighted by Gasteiger charge is -2.20. The van der Waals surface area contributed by atoms with Crippen LogP contribution in [-0.2, 0) is 7.05 Å². The van der Waals surface area contributed by atoms with E-state index in [0.717, 1.165) is 18.8 Å². The number of aryl methyl sites for hydroxylation is 1. The van der Waals surface area contributed by atoms with E-state index in [0.29, 0.717) is 5.56 Å². The second-order valence-electron chi connectivity index (χ2n) is 4.65. The van der Waals surface area contributed by atoms with Crippen molar-refractivity contribution in [2.75, 3.05) is 13.7 Å². The molecule has 0 fully saturated rings. The van der Waals surface area contributed by atoms with Crippen molar-refractivity contribution in [3.05, 3.63) is 47.8 Å². The molecule has 5 heteroatoms. The first-order chi connectivity index (χ1) is 9.69. The second kappa shape index (κ2) is 6.52. The smallest absolute Gasteiger partial charge is 0.170 e. The lowest BCUT2D eigenvalue weighted by molar-refractivity contribution is 0.380. The quantitative estimate of drug-likeness (QED) is 0.882. The molecule has 0 aliphatic rings. The Hall–Kier alpha value is -1.88. The summed E-state index contributed by atoms with van der Waals surface area (Å²) in [4.78, 5) is 4.33. The minimum absolute atomic E-state index is 0.250. The third-order valence-electron chi connectivity index (χ3n) is 3.24. The van der Waals surface area contributed by atoms with Gasteiger partial charge in [0.25, 0.3) is 0 Å². The van der Waals surface area contributed by atoms with Crippen LogP contribution in [0.4, 0.5) is 4.39 Å². The number of rotatable bonds is 6. The number of methoxy groups -OCH3 is 1. The maximum atomic E-state index is 14.5. The summed E-state index contributed by atoms with van der Waals surface area (Å²) < 4.78 is 21.4. The molecule has 0 spiro atoms. The minimum atomic E-state index is -0.341. The average molecular weight is 277 g/mol. The molecule has 4 nitrogen and oxygen atoms in total. The van der Waals surface area contributed by atoms with Crippen LogP contribution in [-0.4, -0.2) is 23.2 Å². The van der Waals surface area contributed by atoms with E-state index < -0.39 is 0 Å². The zero-order chi connectivity index (χ0) is 14.5. The van der Waals surface area contributed by atoms with E-state index in [-0.39, 0.29) is 17.6 Å². The Morgan fingerprint density at radius 3 is 2.85 bits per heavy atom. The van der Waals surface area contributed by atoms with Gasteiger partial charge in [-0.1, -0.05) is 19.1 Å². The van der Waals surface area contributed by atoms with E-state index in [1.165, 1.54) is 7.11 Å². The van der Waals surface area contributed by atoms with E-state index in [1.807, 2.05) is 17.8 Å². The maximum absolute atomic E-state index is 14.5. The monoisotopic (exact) mass is 277 g/mol. The number of ether oxygens (including phenoxy) is 1. The van der Waals surface area contributed by atoms with Crippen LogP contribution in [0, 0.1) is 5.82 Å². The normalized spacial score (nSPS) is 12.4. The van der Waals surface area contributed by atoms with Crippen LogP contribution >= 0.6 is 0 Å². The number of nitrogens with zero attached hydrogens (tertiary/aromatic N) is 2. The van der Waals surface area contributed by atoms with Crippen LogP contribution in [0.5, 0.6) is 5.75 Å². The molecule has 1 unspecified atom stereocenters. The molecule has 1 heterocycles. The zero-order valence-corrected chi connectivity index (χ0v) is 12.1. The van der Waals surface area contributed by atoms with Crippen molar-refractivity contribution in [1.82, 2.24) is 14.9 Å². The second-order valence-corrected chi connectivity index (χ2v) is 4.65. The summed E-state index contributed by atoms with van der Waals surface area (Å²) in [6, 6.07) is 4.89. The molecule has 2 rings (SSSR count). The van der Waals surface area contributed by atoms with Crippen molar-refractivity contribution in [3.8, 4) is 5.75 Å². The fourth-order valence-corrected chi connectivity index (χ4v) is 2.19. The van der Waals surface area contributed by atoms with Crippen LogP contribution in [0.2, 0.25) is 0 Å². The molecule has 1 aromatic heterocycles. The highest BCUT2D eigenvalue weighted by Gasteiger charge is 2.22.